The van der Waals surface area contributed by atoms with Crippen LogP contribution in [0.4, 0.5) is 4.79 Å². The van der Waals surface area contributed by atoms with E-state index in [2.05, 4.69) is 31.2 Å². The monoisotopic (exact) mass is 401 g/mol. The number of amides is 1. The van der Waals surface area contributed by atoms with Crippen LogP contribution >= 0.6 is 15.9 Å². The number of nitrogens with zero attached hydrogens (tertiary/aromatic N) is 1. The van der Waals surface area contributed by atoms with Gasteiger partial charge in [-0.3, -0.25) is 4.79 Å². The molecule has 0 aliphatic rings. The third-order valence-electron chi connectivity index (χ3n) is 3.43. The average Bonchev–Trinajstić information content (AvgIpc) is 2.90. The maximum atomic E-state index is 12.0. The maximum Gasteiger partial charge on any atom is 0.408 e. The molecule has 0 radical (unpaired) electrons. The summed E-state index contributed by atoms with van der Waals surface area (Å²) in [5.41, 5.74) is -0.543. The van der Waals surface area contributed by atoms with Crippen LogP contribution in [0.2, 0.25) is 0 Å². The van der Waals surface area contributed by atoms with E-state index in [1.807, 2.05) is 27.7 Å². The Hall–Kier alpha value is -1.37. The van der Waals surface area contributed by atoms with Crippen LogP contribution in [0.5, 0.6) is 0 Å². The fourth-order valence-corrected chi connectivity index (χ4v) is 2.55. The quantitative estimate of drug-likeness (QED) is 0.588. The Morgan fingerprint density at radius 3 is 2.58 bits per heavy atom. The van der Waals surface area contributed by atoms with Crippen molar-refractivity contribution in [2.45, 2.75) is 77.9 Å². The van der Waals surface area contributed by atoms with Crippen LogP contribution < -0.4 is 5.32 Å². The minimum atomic E-state index is -0.543. The first kappa shape index (κ1) is 20.7. The van der Waals surface area contributed by atoms with Crippen molar-refractivity contribution < 1.29 is 14.3 Å². The number of alkyl carbamates (subject to hydrolysis) is 1. The van der Waals surface area contributed by atoms with Crippen molar-refractivity contribution in [2.24, 2.45) is 0 Å². The van der Waals surface area contributed by atoms with Crippen molar-refractivity contribution in [3.8, 4) is 0 Å². The van der Waals surface area contributed by atoms with Crippen molar-refractivity contribution in [2.75, 3.05) is 0 Å². The lowest BCUT2D eigenvalue weighted by atomic mass is 10.0. The number of ether oxygens (including phenoxy) is 1. The second kappa shape index (κ2) is 9.81. The highest BCUT2D eigenvalue weighted by atomic mass is 79.9. The van der Waals surface area contributed by atoms with Gasteiger partial charge in [0.05, 0.1) is 12.2 Å². The van der Waals surface area contributed by atoms with E-state index in [1.54, 1.807) is 6.20 Å². The molecular formula is C17H28BrN3O3. The van der Waals surface area contributed by atoms with E-state index in [4.69, 9.17) is 4.74 Å². The van der Waals surface area contributed by atoms with Crippen molar-refractivity contribution in [3.05, 3.63) is 16.6 Å². The molecule has 0 saturated heterocycles. The van der Waals surface area contributed by atoms with Gasteiger partial charge in [0.1, 0.15) is 21.8 Å². The number of carbonyl (C=O) groups excluding carboxylic acids is 2. The molecule has 1 heterocycles. The lowest BCUT2D eigenvalue weighted by molar-refractivity contribution is -0.118. The molecule has 7 heteroatoms. The highest BCUT2D eigenvalue weighted by Gasteiger charge is 2.22. The highest BCUT2D eigenvalue weighted by molar-refractivity contribution is 9.10. The predicted octanol–water partition coefficient (Wildman–Crippen LogP) is 4.67. The van der Waals surface area contributed by atoms with Crippen LogP contribution in [0.25, 0.3) is 0 Å². The SMILES string of the molecule is CCC(=O)CCCCC[C@H](NC(=O)OC(C)(C)C)c1ncc(Br)[nH]1. The van der Waals surface area contributed by atoms with Crippen LogP contribution in [-0.4, -0.2) is 27.4 Å². The number of ketones is 1. The van der Waals surface area contributed by atoms with Gasteiger partial charge in [-0.05, 0) is 49.5 Å². The number of aromatic nitrogens is 2. The number of halogens is 1. The van der Waals surface area contributed by atoms with Gasteiger partial charge in [0.25, 0.3) is 0 Å². The molecule has 24 heavy (non-hydrogen) atoms. The number of imidazole rings is 1. The number of hydrogen-bond donors (Lipinski definition) is 2. The van der Waals surface area contributed by atoms with Gasteiger partial charge in [0.2, 0.25) is 0 Å². The van der Waals surface area contributed by atoms with E-state index >= 15 is 0 Å². The maximum absolute atomic E-state index is 12.0. The molecule has 0 aliphatic carbocycles. The van der Waals surface area contributed by atoms with Crippen LogP contribution in [-0.2, 0) is 9.53 Å². The Balaban J connectivity index is 2.53. The molecule has 0 saturated carbocycles. The molecule has 0 unspecified atom stereocenters. The molecule has 1 atom stereocenters. The lowest BCUT2D eigenvalue weighted by Crippen LogP contribution is -2.35. The number of rotatable bonds is 9. The number of carbonyl (C=O) groups is 2. The molecule has 1 aromatic rings. The third kappa shape index (κ3) is 8.47. The summed E-state index contributed by atoms with van der Waals surface area (Å²) in [5, 5.41) is 2.87. The number of Topliss-reactive ketones (excluding diaryl/α,β-unsaturated/α-hetero) is 1. The molecule has 0 spiro atoms. The van der Waals surface area contributed by atoms with Crippen LogP contribution in [0.15, 0.2) is 10.8 Å². The van der Waals surface area contributed by atoms with Gasteiger partial charge in [-0.25, -0.2) is 9.78 Å². The second-order valence-electron chi connectivity index (χ2n) is 6.81. The summed E-state index contributed by atoms with van der Waals surface area (Å²) in [6, 6.07) is -0.243. The van der Waals surface area contributed by atoms with Crippen LogP contribution in [0, 0.1) is 0 Å². The second-order valence-corrected chi connectivity index (χ2v) is 7.66. The minimum absolute atomic E-state index is 0.243. The fraction of sp³-hybridized carbons (Fsp3) is 0.706. The number of hydrogen-bond acceptors (Lipinski definition) is 4. The molecule has 1 aromatic heterocycles. The van der Waals surface area contributed by atoms with Gasteiger partial charge in [0, 0.05) is 12.8 Å². The molecule has 1 rings (SSSR count). The van der Waals surface area contributed by atoms with Gasteiger partial charge in [-0.1, -0.05) is 19.8 Å². The standard InChI is InChI=1S/C17H28BrN3O3/c1-5-12(22)9-7-6-8-10-13(15-19-11-14(18)21-15)20-16(23)24-17(2,3)4/h11,13H,5-10H2,1-4H3,(H,19,21)(H,20,23)/t13-/m0/s1. The molecular weight excluding hydrogens is 374 g/mol. The van der Waals surface area contributed by atoms with Crippen molar-refractivity contribution >= 4 is 27.8 Å². The molecule has 0 bridgehead atoms. The van der Waals surface area contributed by atoms with Crippen molar-refractivity contribution in [1.29, 1.82) is 0 Å². The lowest BCUT2D eigenvalue weighted by Gasteiger charge is -2.23. The van der Waals surface area contributed by atoms with E-state index < -0.39 is 11.7 Å². The van der Waals surface area contributed by atoms with Gasteiger partial charge >= 0.3 is 6.09 Å². The molecule has 6 nitrogen and oxygen atoms in total. The van der Waals surface area contributed by atoms with Gasteiger partial charge < -0.3 is 15.0 Å². The summed E-state index contributed by atoms with van der Waals surface area (Å²) >= 11 is 3.33. The molecule has 0 aliphatic heterocycles. The summed E-state index contributed by atoms with van der Waals surface area (Å²) in [7, 11) is 0. The Labute approximate surface area is 152 Å². The Kier molecular flexibility index (Phi) is 8.45. The predicted molar refractivity (Wildman–Crippen MR) is 96.8 cm³/mol. The van der Waals surface area contributed by atoms with Crippen molar-refractivity contribution in [3.63, 3.8) is 0 Å². The number of aromatic amines is 1. The third-order valence-corrected chi connectivity index (χ3v) is 3.83. The topological polar surface area (TPSA) is 84.1 Å². The van der Waals surface area contributed by atoms with E-state index in [0.717, 1.165) is 30.3 Å². The summed E-state index contributed by atoms with van der Waals surface area (Å²) in [6.07, 6.45) is 5.90. The highest BCUT2D eigenvalue weighted by Crippen LogP contribution is 2.20. The first-order valence-electron chi connectivity index (χ1n) is 8.43. The van der Waals surface area contributed by atoms with Gasteiger partial charge in [-0.2, -0.15) is 0 Å². The molecule has 136 valence electrons. The summed E-state index contributed by atoms with van der Waals surface area (Å²) in [4.78, 5) is 30.7. The number of unbranched alkanes of at least 4 members (excludes halogenated alkanes) is 2. The van der Waals surface area contributed by atoms with Crippen molar-refractivity contribution in [1.82, 2.24) is 15.3 Å². The molecule has 2 N–H and O–H groups in total. The summed E-state index contributed by atoms with van der Waals surface area (Å²) in [6.45, 7) is 7.37. The van der Waals surface area contributed by atoms with Crippen LogP contribution in [0.1, 0.15) is 78.1 Å². The van der Waals surface area contributed by atoms with E-state index in [9.17, 15) is 9.59 Å². The average molecular weight is 402 g/mol. The summed E-state index contributed by atoms with van der Waals surface area (Å²) in [5.74, 6) is 0.991. The van der Waals surface area contributed by atoms with E-state index in [0.29, 0.717) is 24.4 Å². The van der Waals surface area contributed by atoms with Gasteiger partial charge in [-0.15, -0.1) is 0 Å². The number of H-pyrrole nitrogens is 1. The van der Waals surface area contributed by atoms with Gasteiger partial charge in [0.15, 0.2) is 0 Å². The number of nitrogens with one attached hydrogen (secondary N) is 2. The smallest absolute Gasteiger partial charge is 0.408 e. The first-order chi connectivity index (χ1) is 11.2. The normalized spacial score (nSPS) is 12.7. The zero-order chi connectivity index (χ0) is 18.2. The van der Waals surface area contributed by atoms with E-state index in [-0.39, 0.29) is 6.04 Å². The minimum Gasteiger partial charge on any atom is -0.444 e. The molecule has 1 amide bonds. The fourth-order valence-electron chi connectivity index (χ4n) is 2.24. The Bertz CT molecular complexity index is 537. The summed E-state index contributed by atoms with van der Waals surface area (Å²) < 4.78 is 6.09. The zero-order valence-electron chi connectivity index (χ0n) is 14.9. The molecule has 0 fully saturated rings. The zero-order valence-corrected chi connectivity index (χ0v) is 16.5. The Morgan fingerprint density at radius 1 is 1.33 bits per heavy atom. The molecule has 0 aromatic carbocycles. The first-order valence-corrected chi connectivity index (χ1v) is 9.22. The Morgan fingerprint density at radius 2 is 2.04 bits per heavy atom. The van der Waals surface area contributed by atoms with Crippen LogP contribution in [0.3, 0.4) is 0 Å². The van der Waals surface area contributed by atoms with E-state index in [1.165, 1.54) is 0 Å². The largest absolute Gasteiger partial charge is 0.444 e.